The zero-order chi connectivity index (χ0) is 37.1. The number of hydrogen-bond acceptors (Lipinski definition) is 5. The molecule has 0 unspecified atom stereocenters. The third-order valence-electron chi connectivity index (χ3n) is 10.8. The van der Waals surface area contributed by atoms with Gasteiger partial charge in [0.2, 0.25) is 5.90 Å². The van der Waals surface area contributed by atoms with Crippen molar-refractivity contribution in [3.05, 3.63) is 124 Å². The monoisotopic (exact) mass is 664 g/mol. The number of nitrogens with zero attached hydrogens (tertiary/aromatic N) is 4. The van der Waals surface area contributed by atoms with E-state index in [1.54, 1.807) is 6.20 Å². The van der Waals surface area contributed by atoms with Crippen molar-refractivity contribution in [2.75, 3.05) is 0 Å². The maximum Gasteiger partial charge on any atom is 0.217 e. The van der Waals surface area contributed by atoms with Gasteiger partial charge in [-0.2, -0.15) is 0 Å². The van der Waals surface area contributed by atoms with Gasteiger partial charge >= 0.3 is 0 Å². The molecule has 50 heavy (non-hydrogen) atoms. The highest BCUT2D eigenvalue weighted by atomic mass is 16.5. The van der Waals surface area contributed by atoms with Gasteiger partial charge in [-0.1, -0.05) is 40.7 Å². The molecule has 0 saturated carbocycles. The van der Waals surface area contributed by atoms with Crippen LogP contribution in [-0.4, -0.2) is 26.0 Å². The smallest absolute Gasteiger partial charge is 0.217 e. The molecule has 1 aliphatic heterocycles. The lowest BCUT2D eigenvalue weighted by molar-refractivity contribution is 0.0475. The molecule has 0 bridgehead atoms. The number of aliphatic imine (C=N–C) groups is 1. The molecular formula is C44H46N4O2. The fourth-order valence-electron chi connectivity index (χ4n) is 7.45. The maximum absolute atomic E-state index is 9.36. The van der Waals surface area contributed by atoms with E-state index < -0.39 is 17.5 Å². The summed E-state index contributed by atoms with van der Waals surface area (Å²) in [5.41, 5.74) is 7.98. The molecule has 0 fully saturated rings. The van der Waals surface area contributed by atoms with Crippen LogP contribution in [0.5, 0.6) is 11.5 Å². The van der Waals surface area contributed by atoms with E-state index in [-0.39, 0.29) is 11.3 Å². The summed E-state index contributed by atoms with van der Waals surface area (Å²) < 4.78 is 34.3. The van der Waals surface area contributed by atoms with Crippen LogP contribution in [-0.2, 0) is 22.1 Å². The van der Waals surface area contributed by atoms with E-state index in [1.807, 2.05) is 52.1 Å². The van der Waals surface area contributed by atoms with Crippen molar-refractivity contribution in [3.63, 3.8) is 0 Å². The molecule has 1 aliphatic carbocycles. The van der Waals surface area contributed by atoms with Crippen LogP contribution in [0, 0.1) is 20.8 Å². The molecule has 8 rings (SSSR count). The molecule has 0 saturated heterocycles. The van der Waals surface area contributed by atoms with Crippen LogP contribution >= 0.6 is 0 Å². The van der Waals surface area contributed by atoms with E-state index in [0.717, 1.165) is 55.7 Å². The van der Waals surface area contributed by atoms with Crippen LogP contribution < -0.4 is 4.74 Å². The molecule has 4 heterocycles. The first kappa shape index (κ1) is 29.9. The molecule has 6 heteroatoms. The first-order valence-electron chi connectivity index (χ1n) is 18.5. The van der Waals surface area contributed by atoms with Crippen LogP contribution in [0.2, 0.25) is 0 Å². The Morgan fingerprint density at radius 1 is 0.920 bits per heavy atom. The van der Waals surface area contributed by atoms with Crippen LogP contribution in [0.4, 0.5) is 0 Å². The van der Waals surface area contributed by atoms with Crippen molar-refractivity contribution >= 4 is 27.8 Å². The predicted molar refractivity (Wildman–Crippen MR) is 203 cm³/mol. The molecule has 2 aliphatic rings. The summed E-state index contributed by atoms with van der Waals surface area (Å²) in [5, 5.41) is 2.28. The van der Waals surface area contributed by atoms with Gasteiger partial charge < -0.3 is 9.47 Å². The summed E-state index contributed by atoms with van der Waals surface area (Å²) in [4.78, 5) is 14.6. The second kappa shape index (κ2) is 11.0. The van der Waals surface area contributed by atoms with Gasteiger partial charge in [-0.15, -0.1) is 0 Å². The van der Waals surface area contributed by atoms with E-state index in [0.29, 0.717) is 23.0 Å². The van der Waals surface area contributed by atoms with Gasteiger partial charge in [-0.05, 0) is 128 Å². The second-order valence-electron chi connectivity index (χ2n) is 15.8. The molecule has 0 amide bonds. The highest BCUT2D eigenvalue weighted by molar-refractivity contribution is 6.08. The Balaban J connectivity index is 1.21. The van der Waals surface area contributed by atoms with Gasteiger partial charge in [0.15, 0.2) is 0 Å². The van der Waals surface area contributed by atoms with Crippen LogP contribution in [0.15, 0.2) is 84.1 Å². The summed E-state index contributed by atoms with van der Waals surface area (Å²) in [7, 11) is 0. The number of aryl methyl sites for hydroxylation is 2. The van der Waals surface area contributed by atoms with E-state index >= 15 is 0 Å². The maximum atomic E-state index is 9.36. The lowest BCUT2D eigenvalue weighted by Crippen LogP contribution is -2.41. The average molecular weight is 665 g/mol. The number of fused-ring (bicyclic) bond motifs is 6. The minimum atomic E-state index is -1.79. The molecule has 0 N–H and O–H groups in total. The van der Waals surface area contributed by atoms with Crippen molar-refractivity contribution in [3.8, 4) is 17.2 Å². The highest BCUT2D eigenvalue weighted by Gasteiger charge is 2.59. The molecule has 2 atom stereocenters. The molecule has 0 radical (unpaired) electrons. The van der Waals surface area contributed by atoms with Crippen LogP contribution in [0.1, 0.15) is 102 Å². The fourth-order valence-corrected chi connectivity index (χ4v) is 7.45. The normalized spacial score (nSPS) is 21.5. The third kappa shape index (κ3) is 4.94. The predicted octanol–water partition coefficient (Wildman–Crippen LogP) is 10.7. The summed E-state index contributed by atoms with van der Waals surface area (Å²) in [6.45, 7) is 20.7. The Labute approximate surface area is 298 Å². The third-order valence-corrected chi connectivity index (χ3v) is 10.8. The van der Waals surface area contributed by atoms with Crippen LogP contribution in [0.3, 0.4) is 0 Å². The average Bonchev–Trinajstić information content (AvgIpc) is 3.61. The summed E-state index contributed by atoms with van der Waals surface area (Å²) in [6, 6.07) is 23.2. The zero-order valence-electron chi connectivity index (χ0n) is 32.7. The quantitative estimate of drug-likeness (QED) is 0.184. The largest absolute Gasteiger partial charge is 0.468 e. The Kier molecular flexibility index (Phi) is 6.59. The van der Waals surface area contributed by atoms with E-state index in [2.05, 4.69) is 99.6 Å². The number of benzene rings is 3. The molecular weight excluding hydrogens is 617 g/mol. The first-order chi connectivity index (χ1) is 24.4. The van der Waals surface area contributed by atoms with Gasteiger partial charge in [0.05, 0.1) is 11.2 Å². The van der Waals surface area contributed by atoms with Crippen molar-refractivity contribution in [1.82, 2.24) is 14.5 Å². The Bertz CT molecular complexity index is 2490. The fraction of sp³-hybridized carbons (Fsp3) is 0.341. The topological polar surface area (TPSA) is 61.5 Å². The number of pyridine rings is 2. The number of rotatable bonds is 5. The Morgan fingerprint density at radius 3 is 2.46 bits per heavy atom. The van der Waals surface area contributed by atoms with E-state index in [9.17, 15) is 2.74 Å². The standard InChI is InChI=1S/C44H46N4O2/c1-25(2)29-18-30(41-47-44(10)38-24-46-28(5)27(4)37(38)23-43(44,9)50-41)20-34(19-29)49-33-17-26(3)16-32(22-33)48-39-14-13-31(42(6,7)8)21-36(39)35-12-11-15-45-40(35)48/h11-22,24-25H,23H2,1-10H3/t43-,44+/m0/s1/i23D2. The summed E-state index contributed by atoms with van der Waals surface area (Å²) in [5.74, 6) is 1.96. The van der Waals surface area contributed by atoms with Gasteiger partial charge in [-0.25, -0.2) is 9.98 Å². The summed E-state index contributed by atoms with van der Waals surface area (Å²) in [6.07, 6.45) is 1.84. The zero-order valence-corrected chi connectivity index (χ0v) is 30.7. The van der Waals surface area contributed by atoms with Crippen molar-refractivity contribution in [2.24, 2.45) is 4.99 Å². The van der Waals surface area contributed by atoms with Crippen molar-refractivity contribution < 1.29 is 12.2 Å². The van der Waals surface area contributed by atoms with Gasteiger partial charge in [0, 0.05) is 55.2 Å². The number of ether oxygens (including phenoxy) is 2. The molecule has 3 aromatic carbocycles. The lowest BCUT2D eigenvalue weighted by atomic mass is 9.84. The van der Waals surface area contributed by atoms with Gasteiger partial charge in [-0.3, -0.25) is 9.55 Å². The van der Waals surface area contributed by atoms with Gasteiger partial charge in [0.25, 0.3) is 0 Å². The minimum Gasteiger partial charge on any atom is -0.468 e. The molecule has 0 spiro atoms. The Hall–Kier alpha value is -4.97. The van der Waals surface area contributed by atoms with Crippen molar-refractivity contribution in [1.29, 1.82) is 0 Å². The van der Waals surface area contributed by atoms with Crippen molar-refractivity contribution in [2.45, 2.75) is 98.1 Å². The molecule has 3 aromatic heterocycles. The lowest BCUT2D eigenvalue weighted by Gasteiger charge is -2.31. The Morgan fingerprint density at radius 2 is 1.70 bits per heavy atom. The molecule has 254 valence electrons. The SMILES string of the molecule is [2H]C1([2H])c2c(cnc(C)c2C)[C@@]2(C)N=C(c3cc(Oc4cc(C)cc(-n5c6ccc(C(C)(C)C)cc6c6cccnc65)c4)cc(C(C)C)c3)O[C@@]12C. The van der Waals surface area contributed by atoms with E-state index in [4.69, 9.17) is 19.5 Å². The van der Waals surface area contributed by atoms with Gasteiger partial charge in [0.1, 0.15) is 28.3 Å². The highest BCUT2D eigenvalue weighted by Crippen LogP contribution is 2.54. The molecule has 6 nitrogen and oxygen atoms in total. The number of aromatic nitrogens is 3. The first-order valence-corrected chi connectivity index (χ1v) is 17.5. The van der Waals surface area contributed by atoms with Crippen LogP contribution in [0.25, 0.3) is 27.6 Å². The minimum absolute atomic E-state index is 0.0211. The number of hydrogen-bond donors (Lipinski definition) is 0. The summed E-state index contributed by atoms with van der Waals surface area (Å²) >= 11 is 0. The molecule has 6 aromatic rings. The second-order valence-corrected chi connectivity index (χ2v) is 15.8. The van der Waals surface area contributed by atoms with E-state index in [1.165, 1.54) is 10.9 Å².